The van der Waals surface area contributed by atoms with Gasteiger partial charge in [0.2, 0.25) is 0 Å². The van der Waals surface area contributed by atoms with Crippen molar-refractivity contribution in [2.45, 2.75) is 32.5 Å². The average Bonchev–Trinajstić information content (AvgIpc) is 2.73. The summed E-state index contributed by atoms with van der Waals surface area (Å²) >= 11 is 0. The standard InChI is InChI=1S/C23H34N2O4/c1-18(2)25(3)16-20(26)17-29-22-11-10-19(14-23(22)27-4)15-24-12-13-28-21-8-6-5-7-9-21/h5-11,14,18,20,24,26H,12-13,15-17H2,1-4H3. The molecule has 2 aromatic carbocycles. The van der Waals surface area contributed by atoms with E-state index in [9.17, 15) is 5.11 Å². The highest BCUT2D eigenvalue weighted by atomic mass is 16.5. The van der Waals surface area contributed by atoms with Gasteiger partial charge >= 0.3 is 0 Å². The van der Waals surface area contributed by atoms with Crippen molar-refractivity contribution in [3.05, 3.63) is 54.1 Å². The lowest BCUT2D eigenvalue weighted by atomic mass is 10.2. The molecular formula is C23H34N2O4. The van der Waals surface area contributed by atoms with Crippen LogP contribution >= 0.6 is 0 Å². The van der Waals surface area contributed by atoms with E-state index in [0.29, 0.717) is 37.2 Å². The topological polar surface area (TPSA) is 63.2 Å². The lowest BCUT2D eigenvalue weighted by Gasteiger charge is -2.24. The number of ether oxygens (including phenoxy) is 3. The molecule has 2 rings (SSSR count). The fraction of sp³-hybridized carbons (Fsp3) is 0.478. The number of aliphatic hydroxyl groups is 1. The minimum absolute atomic E-state index is 0.224. The predicted octanol–water partition coefficient (Wildman–Crippen LogP) is 2.94. The first-order chi connectivity index (χ1) is 14.0. The zero-order valence-electron chi connectivity index (χ0n) is 17.9. The zero-order chi connectivity index (χ0) is 21.1. The molecule has 2 aromatic rings. The molecule has 160 valence electrons. The highest BCUT2D eigenvalue weighted by Crippen LogP contribution is 2.28. The van der Waals surface area contributed by atoms with Crippen LogP contribution in [0.2, 0.25) is 0 Å². The van der Waals surface area contributed by atoms with Crippen molar-refractivity contribution < 1.29 is 19.3 Å². The summed E-state index contributed by atoms with van der Waals surface area (Å²) in [5.41, 5.74) is 1.09. The number of benzene rings is 2. The first kappa shape index (κ1) is 23.0. The molecule has 0 saturated heterocycles. The van der Waals surface area contributed by atoms with Gasteiger partial charge in [-0.3, -0.25) is 0 Å². The minimum Gasteiger partial charge on any atom is -0.493 e. The second kappa shape index (κ2) is 12.3. The van der Waals surface area contributed by atoms with Crippen molar-refractivity contribution in [1.82, 2.24) is 10.2 Å². The van der Waals surface area contributed by atoms with E-state index in [1.807, 2.05) is 55.6 Å². The number of aliphatic hydroxyl groups excluding tert-OH is 1. The monoisotopic (exact) mass is 402 g/mol. The number of para-hydroxylation sites is 1. The Hall–Kier alpha value is -2.28. The molecule has 0 aliphatic heterocycles. The van der Waals surface area contributed by atoms with Gasteiger partial charge in [-0.25, -0.2) is 0 Å². The third-order valence-corrected chi connectivity index (χ3v) is 4.66. The molecule has 29 heavy (non-hydrogen) atoms. The van der Waals surface area contributed by atoms with Gasteiger partial charge in [-0.05, 0) is 50.7 Å². The fourth-order valence-corrected chi connectivity index (χ4v) is 2.71. The van der Waals surface area contributed by atoms with Crippen molar-refractivity contribution in [1.29, 1.82) is 0 Å². The summed E-state index contributed by atoms with van der Waals surface area (Å²) in [5, 5.41) is 13.5. The predicted molar refractivity (Wildman–Crippen MR) is 116 cm³/mol. The van der Waals surface area contributed by atoms with Crippen molar-refractivity contribution in [3.63, 3.8) is 0 Å². The first-order valence-corrected chi connectivity index (χ1v) is 10.1. The number of nitrogens with one attached hydrogen (secondary N) is 1. The number of hydrogen-bond acceptors (Lipinski definition) is 6. The second-order valence-electron chi connectivity index (χ2n) is 7.32. The van der Waals surface area contributed by atoms with Gasteiger partial charge in [-0.15, -0.1) is 0 Å². The minimum atomic E-state index is -0.557. The molecule has 0 amide bonds. The molecule has 0 heterocycles. The summed E-state index contributed by atoms with van der Waals surface area (Å²) < 4.78 is 16.9. The summed E-state index contributed by atoms with van der Waals surface area (Å²) in [6.45, 7) is 7.02. The Bertz CT molecular complexity index is 709. The molecule has 0 aliphatic carbocycles. The van der Waals surface area contributed by atoms with E-state index >= 15 is 0 Å². The van der Waals surface area contributed by atoms with E-state index < -0.39 is 6.10 Å². The van der Waals surface area contributed by atoms with Crippen molar-refractivity contribution >= 4 is 0 Å². The summed E-state index contributed by atoms with van der Waals surface area (Å²) in [4.78, 5) is 2.08. The molecule has 0 saturated carbocycles. The molecule has 1 atom stereocenters. The second-order valence-corrected chi connectivity index (χ2v) is 7.32. The Labute approximate surface area is 174 Å². The van der Waals surface area contributed by atoms with E-state index in [0.717, 1.165) is 17.9 Å². The third-order valence-electron chi connectivity index (χ3n) is 4.66. The molecule has 1 unspecified atom stereocenters. The fourth-order valence-electron chi connectivity index (χ4n) is 2.71. The normalized spacial score (nSPS) is 12.2. The van der Waals surface area contributed by atoms with Crippen LogP contribution in [0, 0.1) is 0 Å². The molecule has 0 aromatic heterocycles. The van der Waals surface area contributed by atoms with Gasteiger partial charge in [0.05, 0.1) is 7.11 Å². The lowest BCUT2D eigenvalue weighted by molar-refractivity contribution is 0.0668. The number of methoxy groups -OCH3 is 1. The molecule has 0 radical (unpaired) electrons. The van der Waals surface area contributed by atoms with Crippen LogP contribution < -0.4 is 19.5 Å². The highest BCUT2D eigenvalue weighted by molar-refractivity contribution is 5.43. The number of nitrogens with zero attached hydrogens (tertiary/aromatic N) is 1. The molecule has 6 nitrogen and oxygen atoms in total. The van der Waals surface area contributed by atoms with E-state index in [1.165, 1.54) is 0 Å². The SMILES string of the molecule is COc1cc(CNCCOc2ccccc2)ccc1OCC(O)CN(C)C(C)C. The first-order valence-electron chi connectivity index (χ1n) is 10.1. The quantitative estimate of drug-likeness (QED) is 0.503. The smallest absolute Gasteiger partial charge is 0.161 e. The Balaban J connectivity index is 1.75. The van der Waals surface area contributed by atoms with Crippen LogP contribution in [0.3, 0.4) is 0 Å². The summed E-state index contributed by atoms with van der Waals surface area (Å²) in [5.74, 6) is 2.17. The van der Waals surface area contributed by atoms with Gasteiger partial charge in [-0.2, -0.15) is 0 Å². The van der Waals surface area contributed by atoms with E-state index in [4.69, 9.17) is 14.2 Å². The van der Waals surface area contributed by atoms with E-state index in [-0.39, 0.29) is 6.61 Å². The number of hydrogen-bond donors (Lipinski definition) is 2. The maximum atomic E-state index is 10.2. The molecule has 2 N–H and O–H groups in total. The Morgan fingerprint density at radius 1 is 1.03 bits per heavy atom. The number of likely N-dealkylation sites (N-methyl/N-ethyl adjacent to an activating group) is 1. The Morgan fingerprint density at radius 3 is 2.48 bits per heavy atom. The van der Waals surface area contributed by atoms with Crippen LogP contribution in [0.4, 0.5) is 0 Å². The van der Waals surface area contributed by atoms with E-state index in [1.54, 1.807) is 7.11 Å². The maximum Gasteiger partial charge on any atom is 0.161 e. The molecular weight excluding hydrogens is 368 g/mol. The summed E-state index contributed by atoms with van der Waals surface area (Å²) in [6, 6.07) is 16.0. The maximum absolute atomic E-state index is 10.2. The molecule has 0 bridgehead atoms. The van der Waals surface area contributed by atoms with Crippen LogP contribution in [0.15, 0.2) is 48.5 Å². The zero-order valence-corrected chi connectivity index (χ0v) is 17.9. The summed E-state index contributed by atoms with van der Waals surface area (Å²) in [7, 11) is 3.61. The highest BCUT2D eigenvalue weighted by Gasteiger charge is 2.13. The Morgan fingerprint density at radius 2 is 1.79 bits per heavy atom. The third kappa shape index (κ3) is 8.31. The van der Waals surface area contributed by atoms with E-state index in [2.05, 4.69) is 24.1 Å². The number of rotatable bonds is 13. The van der Waals surface area contributed by atoms with Gasteiger partial charge < -0.3 is 29.5 Å². The van der Waals surface area contributed by atoms with Gasteiger partial charge in [-0.1, -0.05) is 24.3 Å². The van der Waals surface area contributed by atoms with Gasteiger partial charge in [0.15, 0.2) is 11.5 Å². The van der Waals surface area contributed by atoms with Crippen molar-refractivity contribution in [3.8, 4) is 17.2 Å². The van der Waals surface area contributed by atoms with Crippen LogP contribution in [-0.2, 0) is 6.54 Å². The molecule has 0 aliphatic rings. The van der Waals surface area contributed by atoms with Crippen molar-refractivity contribution in [2.24, 2.45) is 0 Å². The largest absolute Gasteiger partial charge is 0.493 e. The Kier molecular flexibility index (Phi) is 9.77. The van der Waals surface area contributed by atoms with Gasteiger partial charge in [0.25, 0.3) is 0 Å². The van der Waals surface area contributed by atoms with Crippen LogP contribution in [0.1, 0.15) is 19.4 Å². The van der Waals surface area contributed by atoms with Crippen LogP contribution in [0.5, 0.6) is 17.2 Å². The molecule has 0 fully saturated rings. The van der Waals surface area contributed by atoms with Crippen molar-refractivity contribution in [2.75, 3.05) is 40.5 Å². The van der Waals surface area contributed by atoms with Crippen LogP contribution in [0.25, 0.3) is 0 Å². The van der Waals surface area contributed by atoms with Crippen LogP contribution in [-0.4, -0.2) is 62.6 Å². The lowest BCUT2D eigenvalue weighted by Crippen LogP contribution is -2.36. The van der Waals surface area contributed by atoms with Gasteiger partial charge in [0, 0.05) is 25.7 Å². The molecule has 6 heteroatoms. The average molecular weight is 403 g/mol. The molecule has 0 spiro atoms. The summed E-state index contributed by atoms with van der Waals surface area (Å²) in [6.07, 6.45) is -0.557. The van der Waals surface area contributed by atoms with Gasteiger partial charge in [0.1, 0.15) is 25.1 Å².